The van der Waals surface area contributed by atoms with Gasteiger partial charge in [-0.1, -0.05) is 12.1 Å². The molecule has 0 saturated carbocycles. The Morgan fingerprint density at radius 2 is 1.97 bits per heavy atom. The lowest BCUT2D eigenvalue weighted by atomic mass is 10.3. The molecule has 1 fully saturated rings. The largest absolute Gasteiger partial charge is 0.431 e. The van der Waals surface area contributed by atoms with Gasteiger partial charge in [-0.2, -0.15) is 4.98 Å². The molecule has 0 unspecified atom stereocenters. The molecule has 1 aromatic carbocycles. The highest BCUT2D eigenvalue weighted by atomic mass is 32.2. The van der Waals surface area contributed by atoms with Gasteiger partial charge >= 0.3 is 0 Å². The van der Waals surface area contributed by atoms with E-state index in [-0.39, 0.29) is 5.56 Å². The van der Waals surface area contributed by atoms with E-state index >= 15 is 0 Å². The third kappa shape index (κ3) is 3.08. The fourth-order valence-corrected chi connectivity index (χ4v) is 4.38. The molecule has 150 valence electrons. The van der Waals surface area contributed by atoms with Gasteiger partial charge in [-0.05, 0) is 19.1 Å². The number of aryl methyl sites for hydroxylation is 1. The summed E-state index contributed by atoms with van der Waals surface area (Å²) < 4.78 is 9.28. The molecule has 10 heteroatoms. The first-order chi connectivity index (χ1) is 14.2. The van der Waals surface area contributed by atoms with Crippen molar-refractivity contribution in [2.75, 3.05) is 31.1 Å². The van der Waals surface area contributed by atoms with Crippen molar-refractivity contribution >= 4 is 40.0 Å². The van der Waals surface area contributed by atoms with E-state index in [4.69, 9.17) is 9.40 Å². The number of imidazole rings is 1. The molecule has 0 atom stereocenters. The van der Waals surface area contributed by atoms with Crippen molar-refractivity contribution < 1.29 is 4.42 Å². The van der Waals surface area contributed by atoms with Gasteiger partial charge in [-0.25, -0.2) is 9.97 Å². The summed E-state index contributed by atoms with van der Waals surface area (Å²) in [5, 5.41) is 4.29. The van der Waals surface area contributed by atoms with Gasteiger partial charge in [-0.15, -0.1) is 0 Å². The number of nitrogens with one attached hydrogen (secondary N) is 1. The van der Waals surface area contributed by atoms with Crippen molar-refractivity contribution in [2.45, 2.75) is 23.8 Å². The molecule has 4 aromatic rings. The summed E-state index contributed by atoms with van der Waals surface area (Å²) in [6.07, 6.45) is 0. The molecule has 3 aromatic heterocycles. The SMILES string of the molecule is CCn1c(N2CCNCC2)nc2nc(Sc3nc4ccccc4o3)n(C)c(=O)c21. The van der Waals surface area contributed by atoms with Gasteiger partial charge in [-0.3, -0.25) is 9.36 Å². The number of aromatic nitrogens is 5. The van der Waals surface area contributed by atoms with E-state index in [0.29, 0.717) is 33.7 Å². The lowest BCUT2D eigenvalue weighted by Gasteiger charge is -2.28. The van der Waals surface area contributed by atoms with Crippen LogP contribution in [-0.4, -0.2) is 50.3 Å². The standard InChI is InChI=1S/C19H21N7O2S/c1-3-26-14-15(22-17(26)25-10-8-20-9-11-25)23-18(24(2)16(14)27)29-19-21-12-6-4-5-7-13(12)28-19/h4-7,20H,3,8-11H2,1-2H3. The maximum atomic E-state index is 13.2. The normalized spacial score (nSPS) is 14.9. The van der Waals surface area contributed by atoms with Crippen LogP contribution in [0.3, 0.4) is 0 Å². The molecule has 0 radical (unpaired) electrons. The molecule has 9 nitrogen and oxygen atoms in total. The first-order valence-electron chi connectivity index (χ1n) is 9.62. The minimum atomic E-state index is -0.121. The van der Waals surface area contributed by atoms with Gasteiger partial charge in [0.15, 0.2) is 21.9 Å². The zero-order valence-electron chi connectivity index (χ0n) is 16.3. The van der Waals surface area contributed by atoms with Gasteiger partial charge in [0.25, 0.3) is 10.8 Å². The predicted octanol–water partition coefficient (Wildman–Crippen LogP) is 1.85. The van der Waals surface area contributed by atoms with Crippen LogP contribution in [-0.2, 0) is 13.6 Å². The molecule has 0 spiro atoms. The molecule has 4 heterocycles. The minimum absolute atomic E-state index is 0.121. The number of fused-ring (bicyclic) bond motifs is 2. The van der Waals surface area contributed by atoms with E-state index in [2.05, 4.69) is 20.2 Å². The van der Waals surface area contributed by atoms with Crippen LogP contribution in [0.2, 0.25) is 0 Å². The summed E-state index contributed by atoms with van der Waals surface area (Å²) >= 11 is 1.23. The summed E-state index contributed by atoms with van der Waals surface area (Å²) in [5.74, 6) is 0.803. The monoisotopic (exact) mass is 411 g/mol. The summed E-state index contributed by atoms with van der Waals surface area (Å²) in [5.41, 5.74) is 2.35. The van der Waals surface area contributed by atoms with Crippen molar-refractivity contribution in [3.8, 4) is 0 Å². The molecule has 0 aliphatic carbocycles. The van der Waals surface area contributed by atoms with Gasteiger partial charge in [0.1, 0.15) is 5.52 Å². The quantitative estimate of drug-likeness (QED) is 0.509. The molecule has 0 bridgehead atoms. The summed E-state index contributed by atoms with van der Waals surface area (Å²) in [6.45, 7) is 6.19. The highest BCUT2D eigenvalue weighted by Gasteiger charge is 2.23. The third-order valence-corrected chi connectivity index (χ3v) is 5.99. The van der Waals surface area contributed by atoms with Crippen LogP contribution in [0.25, 0.3) is 22.3 Å². The van der Waals surface area contributed by atoms with Crippen molar-refractivity contribution in [2.24, 2.45) is 7.05 Å². The summed E-state index contributed by atoms with van der Waals surface area (Å²) in [4.78, 5) is 29.2. The van der Waals surface area contributed by atoms with Crippen LogP contribution in [0.1, 0.15) is 6.92 Å². The third-order valence-electron chi connectivity index (χ3n) is 5.09. The Hall–Kier alpha value is -2.85. The second-order valence-corrected chi connectivity index (χ2v) is 7.79. The van der Waals surface area contributed by atoms with Gasteiger partial charge < -0.3 is 19.2 Å². The van der Waals surface area contributed by atoms with E-state index < -0.39 is 0 Å². The Kier molecular flexibility index (Phi) is 4.51. The zero-order chi connectivity index (χ0) is 20.0. The molecule has 1 N–H and O–H groups in total. The molecular weight excluding hydrogens is 390 g/mol. The van der Waals surface area contributed by atoms with E-state index in [1.165, 1.54) is 16.3 Å². The van der Waals surface area contributed by atoms with Crippen LogP contribution in [0.4, 0.5) is 5.95 Å². The molecule has 1 aliphatic rings. The maximum absolute atomic E-state index is 13.2. The summed E-state index contributed by atoms with van der Waals surface area (Å²) in [6, 6.07) is 7.57. The number of hydrogen-bond donors (Lipinski definition) is 1. The summed E-state index contributed by atoms with van der Waals surface area (Å²) in [7, 11) is 1.72. The number of benzene rings is 1. The van der Waals surface area contributed by atoms with Crippen LogP contribution < -0.4 is 15.8 Å². The van der Waals surface area contributed by atoms with Crippen LogP contribution in [0, 0.1) is 0 Å². The van der Waals surface area contributed by atoms with Crippen LogP contribution >= 0.6 is 11.8 Å². The Labute approximate surface area is 170 Å². The number of rotatable bonds is 4. The lowest BCUT2D eigenvalue weighted by molar-refractivity contribution is 0.487. The molecule has 1 aliphatic heterocycles. The Balaban J connectivity index is 1.59. The second kappa shape index (κ2) is 7.20. The highest BCUT2D eigenvalue weighted by Crippen LogP contribution is 2.29. The predicted molar refractivity (Wildman–Crippen MR) is 112 cm³/mol. The average molecular weight is 411 g/mol. The van der Waals surface area contributed by atoms with Gasteiger partial charge in [0.05, 0.1) is 0 Å². The van der Waals surface area contributed by atoms with E-state index in [9.17, 15) is 4.79 Å². The van der Waals surface area contributed by atoms with Crippen molar-refractivity contribution in [3.05, 3.63) is 34.6 Å². The molecule has 29 heavy (non-hydrogen) atoms. The zero-order valence-corrected chi connectivity index (χ0v) is 17.1. The Bertz CT molecular complexity index is 1220. The van der Waals surface area contributed by atoms with Gasteiger partial charge in [0, 0.05) is 51.5 Å². The smallest absolute Gasteiger partial charge is 0.280 e. The van der Waals surface area contributed by atoms with E-state index in [1.807, 2.05) is 35.8 Å². The van der Waals surface area contributed by atoms with Crippen molar-refractivity contribution in [3.63, 3.8) is 0 Å². The topological polar surface area (TPSA) is 94.0 Å². The van der Waals surface area contributed by atoms with Crippen molar-refractivity contribution in [1.29, 1.82) is 0 Å². The number of para-hydroxylation sites is 2. The highest BCUT2D eigenvalue weighted by molar-refractivity contribution is 7.99. The van der Waals surface area contributed by atoms with Gasteiger partial charge in [0.2, 0.25) is 5.95 Å². The first-order valence-corrected chi connectivity index (χ1v) is 10.4. The molecule has 1 saturated heterocycles. The fraction of sp³-hybridized carbons (Fsp3) is 0.368. The maximum Gasteiger partial charge on any atom is 0.280 e. The number of oxazole rings is 1. The fourth-order valence-electron chi connectivity index (χ4n) is 3.60. The number of anilines is 1. The van der Waals surface area contributed by atoms with E-state index in [1.54, 1.807) is 7.05 Å². The lowest BCUT2D eigenvalue weighted by Crippen LogP contribution is -2.44. The number of nitrogens with zero attached hydrogens (tertiary/aromatic N) is 6. The molecule has 0 amide bonds. The number of hydrogen-bond acceptors (Lipinski definition) is 8. The Morgan fingerprint density at radius 3 is 2.72 bits per heavy atom. The minimum Gasteiger partial charge on any atom is -0.431 e. The second-order valence-electron chi connectivity index (χ2n) is 6.87. The Morgan fingerprint density at radius 1 is 1.17 bits per heavy atom. The number of piperazine rings is 1. The first kappa shape index (κ1) is 18.2. The average Bonchev–Trinajstić information content (AvgIpc) is 3.33. The molecule has 5 rings (SSSR count). The van der Waals surface area contributed by atoms with Crippen LogP contribution in [0.15, 0.2) is 43.9 Å². The molecular formula is C19H21N7O2S. The van der Waals surface area contributed by atoms with Crippen molar-refractivity contribution in [1.82, 2.24) is 29.4 Å². The van der Waals surface area contributed by atoms with E-state index in [0.717, 1.165) is 37.6 Å². The van der Waals surface area contributed by atoms with Crippen LogP contribution in [0.5, 0.6) is 0 Å².